The van der Waals surface area contributed by atoms with Gasteiger partial charge >= 0.3 is 0 Å². The Morgan fingerprint density at radius 2 is 2.25 bits per heavy atom. The van der Waals surface area contributed by atoms with Crippen LogP contribution in [-0.4, -0.2) is 24.7 Å². The van der Waals surface area contributed by atoms with Gasteiger partial charge in [-0.3, -0.25) is 4.40 Å². The zero-order valence-corrected chi connectivity index (χ0v) is 9.01. The lowest BCUT2D eigenvalue weighted by molar-refractivity contribution is 0.424. The van der Waals surface area contributed by atoms with Crippen molar-refractivity contribution in [3.8, 4) is 11.6 Å². The second-order valence-corrected chi connectivity index (χ2v) is 3.63. The highest BCUT2D eigenvalue weighted by atomic mass is 35.5. The fraction of sp³-hybridized carbons (Fsp3) is 0.111. The molecule has 0 aliphatic heterocycles. The van der Waals surface area contributed by atoms with Gasteiger partial charge in [-0.25, -0.2) is 4.98 Å². The highest BCUT2D eigenvalue weighted by Gasteiger charge is 2.14. The topological polar surface area (TPSA) is 69.1 Å². The van der Waals surface area contributed by atoms with Gasteiger partial charge in [0.1, 0.15) is 0 Å². The molecule has 0 spiro atoms. The highest BCUT2D eigenvalue weighted by Crippen LogP contribution is 2.21. The van der Waals surface area contributed by atoms with Crippen LogP contribution in [0.1, 0.15) is 5.69 Å². The lowest BCUT2D eigenvalue weighted by Gasteiger charge is -1.94. The molecule has 0 aromatic carbocycles. The summed E-state index contributed by atoms with van der Waals surface area (Å²) in [6.45, 7) is 1.84. The summed E-state index contributed by atoms with van der Waals surface area (Å²) in [7, 11) is 0. The Labute approximate surface area is 94.9 Å². The largest absolute Gasteiger partial charge is 0.353 e. The average Bonchev–Trinajstić information content (AvgIpc) is 2.84. The van der Waals surface area contributed by atoms with Crippen LogP contribution in [0.25, 0.3) is 17.2 Å². The first-order chi connectivity index (χ1) is 7.75. The number of fused-ring (bicyclic) bond motifs is 1. The molecule has 0 atom stereocenters. The number of halogens is 1. The zero-order valence-electron chi connectivity index (χ0n) is 8.25. The Hall–Kier alpha value is -1.95. The minimum Gasteiger partial charge on any atom is -0.353 e. The Balaban J connectivity index is 2.29. The molecule has 0 N–H and O–H groups in total. The second-order valence-electron chi connectivity index (χ2n) is 3.27. The van der Waals surface area contributed by atoms with Crippen molar-refractivity contribution in [2.45, 2.75) is 6.92 Å². The lowest BCUT2D eigenvalue weighted by atomic mass is 10.4. The van der Waals surface area contributed by atoms with Crippen LogP contribution in [0.4, 0.5) is 0 Å². The monoisotopic (exact) mass is 235 g/mol. The molecular weight excluding hydrogens is 230 g/mol. The highest BCUT2D eigenvalue weighted by molar-refractivity contribution is 6.32. The summed E-state index contributed by atoms with van der Waals surface area (Å²) in [5.41, 5.74) is 1.28. The number of hydrogen-bond donors (Lipinski definition) is 0. The summed E-state index contributed by atoms with van der Waals surface area (Å²) in [5.74, 6) is 1.10. The minimum absolute atomic E-state index is 0.303. The van der Waals surface area contributed by atoms with E-state index < -0.39 is 0 Å². The molecule has 0 saturated heterocycles. The van der Waals surface area contributed by atoms with E-state index in [1.54, 1.807) is 22.9 Å². The molecule has 0 aliphatic carbocycles. The minimum atomic E-state index is 0.303. The standard InChI is InChI=1S/C9H6ClN5O/c1-5-4-6(16-14-5)8-12-13-9-7(10)11-2-3-15(8)9/h2-4H,1H3. The first-order valence-electron chi connectivity index (χ1n) is 4.54. The fourth-order valence-electron chi connectivity index (χ4n) is 1.43. The number of rotatable bonds is 1. The molecule has 16 heavy (non-hydrogen) atoms. The smallest absolute Gasteiger partial charge is 0.207 e. The van der Waals surface area contributed by atoms with Crippen molar-refractivity contribution < 1.29 is 4.52 Å². The van der Waals surface area contributed by atoms with Crippen molar-refractivity contribution in [1.29, 1.82) is 0 Å². The molecule has 3 aromatic rings. The van der Waals surface area contributed by atoms with Crippen LogP contribution in [-0.2, 0) is 0 Å². The summed E-state index contributed by atoms with van der Waals surface area (Å²) in [6, 6.07) is 1.78. The number of nitrogens with zero attached hydrogens (tertiary/aromatic N) is 5. The van der Waals surface area contributed by atoms with Gasteiger partial charge in [0, 0.05) is 18.5 Å². The van der Waals surface area contributed by atoms with E-state index in [4.69, 9.17) is 16.1 Å². The molecule has 0 bridgehead atoms. The van der Waals surface area contributed by atoms with Crippen molar-refractivity contribution in [3.63, 3.8) is 0 Å². The quantitative estimate of drug-likeness (QED) is 0.643. The van der Waals surface area contributed by atoms with Gasteiger partial charge in [0.25, 0.3) is 0 Å². The summed E-state index contributed by atoms with van der Waals surface area (Å²) >= 11 is 5.88. The van der Waals surface area contributed by atoms with Crippen LogP contribution in [0.5, 0.6) is 0 Å². The molecule has 0 aliphatic rings. The summed E-state index contributed by atoms with van der Waals surface area (Å²) in [6.07, 6.45) is 3.29. The van der Waals surface area contributed by atoms with Crippen molar-refractivity contribution in [2.24, 2.45) is 0 Å². The molecule has 3 aromatic heterocycles. The van der Waals surface area contributed by atoms with E-state index in [9.17, 15) is 0 Å². The van der Waals surface area contributed by atoms with Crippen LogP contribution in [0.3, 0.4) is 0 Å². The Morgan fingerprint density at radius 3 is 3.00 bits per heavy atom. The van der Waals surface area contributed by atoms with E-state index in [0.717, 1.165) is 5.69 Å². The molecule has 6 nitrogen and oxygen atoms in total. The van der Waals surface area contributed by atoms with Gasteiger partial charge in [-0.15, -0.1) is 10.2 Å². The number of hydrogen-bond acceptors (Lipinski definition) is 5. The lowest BCUT2D eigenvalue weighted by Crippen LogP contribution is -1.89. The molecule has 0 radical (unpaired) electrons. The van der Waals surface area contributed by atoms with Gasteiger partial charge in [-0.1, -0.05) is 16.8 Å². The van der Waals surface area contributed by atoms with Crippen LogP contribution in [0, 0.1) is 6.92 Å². The van der Waals surface area contributed by atoms with Gasteiger partial charge in [-0.05, 0) is 6.92 Å². The summed E-state index contributed by atoms with van der Waals surface area (Å²) < 4.78 is 6.82. The second kappa shape index (κ2) is 3.28. The van der Waals surface area contributed by atoms with Gasteiger partial charge in [-0.2, -0.15) is 0 Å². The molecule has 3 heterocycles. The van der Waals surface area contributed by atoms with Crippen molar-refractivity contribution >= 4 is 17.2 Å². The maximum atomic E-state index is 5.88. The predicted molar refractivity (Wildman–Crippen MR) is 56.0 cm³/mol. The number of aryl methyl sites for hydroxylation is 1. The van der Waals surface area contributed by atoms with Crippen LogP contribution in [0.2, 0.25) is 5.15 Å². The normalized spacial score (nSPS) is 11.1. The van der Waals surface area contributed by atoms with E-state index in [2.05, 4.69) is 20.3 Å². The van der Waals surface area contributed by atoms with E-state index in [1.165, 1.54) is 0 Å². The molecule has 0 fully saturated rings. The van der Waals surface area contributed by atoms with Crippen molar-refractivity contribution in [2.75, 3.05) is 0 Å². The van der Waals surface area contributed by atoms with E-state index >= 15 is 0 Å². The third-order valence-electron chi connectivity index (χ3n) is 2.13. The zero-order chi connectivity index (χ0) is 11.1. The molecule has 0 saturated carbocycles. The van der Waals surface area contributed by atoms with Crippen molar-refractivity contribution in [3.05, 3.63) is 29.3 Å². The van der Waals surface area contributed by atoms with Crippen molar-refractivity contribution in [1.82, 2.24) is 24.7 Å². The number of aromatic nitrogens is 5. The first kappa shape index (κ1) is 9.29. The van der Waals surface area contributed by atoms with Crippen LogP contribution in [0.15, 0.2) is 23.0 Å². The Kier molecular flexibility index (Phi) is 1.90. The Morgan fingerprint density at radius 1 is 1.38 bits per heavy atom. The fourth-order valence-corrected chi connectivity index (χ4v) is 1.62. The van der Waals surface area contributed by atoms with Crippen LogP contribution >= 0.6 is 11.6 Å². The maximum absolute atomic E-state index is 5.88. The SMILES string of the molecule is Cc1cc(-c2nnc3c(Cl)nccn23)on1. The van der Waals surface area contributed by atoms with E-state index in [-0.39, 0.29) is 0 Å². The van der Waals surface area contributed by atoms with Gasteiger partial charge < -0.3 is 4.52 Å². The van der Waals surface area contributed by atoms with Gasteiger partial charge in [0.05, 0.1) is 5.69 Å². The first-order valence-corrected chi connectivity index (χ1v) is 4.92. The third kappa shape index (κ3) is 1.27. The van der Waals surface area contributed by atoms with Crippen LogP contribution < -0.4 is 0 Å². The maximum Gasteiger partial charge on any atom is 0.207 e. The molecule has 7 heteroatoms. The van der Waals surface area contributed by atoms with E-state index in [0.29, 0.717) is 22.4 Å². The molecular formula is C9H6ClN5O. The molecule has 3 rings (SSSR count). The summed E-state index contributed by atoms with van der Waals surface area (Å²) in [4.78, 5) is 3.92. The third-order valence-corrected chi connectivity index (χ3v) is 2.40. The molecule has 0 amide bonds. The van der Waals surface area contributed by atoms with Gasteiger partial charge in [0.15, 0.2) is 10.8 Å². The average molecular weight is 236 g/mol. The molecule has 0 unspecified atom stereocenters. The predicted octanol–water partition coefficient (Wildman–Crippen LogP) is 1.74. The van der Waals surface area contributed by atoms with Gasteiger partial charge in [0.2, 0.25) is 11.6 Å². The molecule has 80 valence electrons. The Bertz CT molecular complexity index is 659. The van der Waals surface area contributed by atoms with E-state index in [1.807, 2.05) is 6.92 Å². The summed E-state index contributed by atoms with van der Waals surface area (Å²) in [5, 5.41) is 12.0.